The highest BCUT2D eigenvalue weighted by Crippen LogP contribution is 2.34. The summed E-state index contributed by atoms with van der Waals surface area (Å²) in [6, 6.07) is 11.8. The summed E-state index contributed by atoms with van der Waals surface area (Å²) < 4.78 is 5.70. The largest absolute Gasteiger partial charge is 0.445 e. The number of carbonyl (C=O) groups is 2. The van der Waals surface area contributed by atoms with Crippen LogP contribution in [0.25, 0.3) is 0 Å². The maximum Gasteiger partial charge on any atom is 0.339 e. The van der Waals surface area contributed by atoms with Crippen LogP contribution in [0, 0.1) is 10.1 Å². The first-order chi connectivity index (χ1) is 13.4. The van der Waals surface area contributed by atoms with Crippen LogP contribution in [0.4, 0.5) is 11.4 Å². The number of nitrogens with zero attached hydrogens (tertiary/aromatic N) is 1. The highest BCUT2D eigenvalue weighted by molar-refractivity contribution is 6.30. The van der Waals surface area contributed by atoms with Crippen molar-refractivity contribution in [1.82, 2.24) is 0 Å². The lowest BCUT2D eigenvalue weighted by Crippen LogP contribution is -2.48. The van der Waals surface area contributed by atoms with Crippen LogP contribution in [0.3, 0.4) is 0 Å². The maximum absolute atomic E-state index is 13.0. The van der Waals surface area contributed by atoms with Gasteiger partial charge in [0.05, 0.1) is 10.5 Å². The maximum atomic E-state index is 13.0. The molecule has 2 aromatic rings. The Bertz CT molecular complexity index is 874. The van der Waals surface area contributed by atoms with E-state index in [9.17, 15) is 19.7 Å². The number of hydrogen-bond acceptors (Lipinski definition) is 5. The first kappa shape index (κ1) is 19.8. The van der Waals surface area contributed by atoms with E-state index in [-0.39, 0.29) is 5.69 Å². The molecule has 0 unspecified atom stereocenters. The molecule has 0 radical (unpaired) electrons. The van der Waals surface area contributed by atoms with E-state index >= 15 is 0 Å². The molecule has 1 fully saturated rings. The fraction of sp³-hybridized carbons (Fsp3) is 0.300. The average molecular weight is 403 g/mol. The van der Waals surface area contributed by atoms with E-state index in [1.165, 1.54) is 24.3 Å². The summed E-state index contributed by atoms with van der Waals surface area (Å²) in [6.07, 6.45) is 3.34. The summed E-state index contributed by atoms with van der Waals surface area (Å²) in [4.78, 5) is 35.8. The standard InChI is InChI=1S/C20H19ClN2O5/c21-15-6-4-14(5-7-15)18(24)28-20(12-2-1-3-13-20)19(25)22-16-8-10-17(11-9-16)23(26)27/h4-11H,1-3,12-13H2,(H,22,25). The lowest BCUT2D eigenvalue weighted by atomic mass is 9.83. The smallest absolute Gasteiger partial charge is 0.339 e. The summed E-state index contributed by atoms with van der Waals surface area (Å²) in [6.45, 7) is 0. The van der Waals surface area contributed by atoms with Crippen molar-refractivity contribution in [3.8, 4) is 0 Å². The second-order valence-electron chi connectivity index (χ2n) is 6.71. The Morgan fingerprint density at radius 2 is 1.61 bits per heavy atom. The Morgan fingerprint density at radius 3 is 2.18 bits per heavy atom. The van der Waals surface area contributed by atoms with Gasteiger partial charge < -0.3 is 10.1 Å². The number of carbonyl (C=O) groups excluding carboxylic acids is 2. The van der Waals surface area contributed by atoms with Crippen LogP contribution in [0.5, 0.6) is 0 Å². The number of nitro benzene ring substituents is 1. The Kier molecular flexibility index (Phi) is 5.94. The fourth-order valence-corrected chi connectivity index (χ4v) is 3.36. The molecule has 8 heteroatoms. The molecule has 146 valence electrons. The number of nitrogens with one attached hydrogen (secondary N) is 1. The number of nitro groups is 1. The van der Waals surface area contributed by atoms with Gasteiger partial charge in [-0.15, -0.1) is 0 Å². The number of ether oxygens (including phenoxy) is 1. The minimum Gasteiger partial charge on any atom is -0.445 e. The molecule has 2 aromatic carbocycles. The van der Waals surface area contributed by atoms with Gasteiger partial charge >= 0.3 is 5.97 Å². The van der Waals surface area contributed by atoms with Crippen LogP contribution >= 0.6 is 11.6 Å². The van der Waals surface area contributed by atoms with Crippen LogP contribution < -0.4 is 5.32 Å². The molecule has 7 nitrogen and oxygen atoms in total. The van der Waals surface area contributed by atoms with Crippen LogP contribution in [-0.4, -0.2) is 22.4 Å². The van der Waals surface area contributed by atoms with E-state index < -0.39 is 22.4 Å². The second-order valence-corrected chi connectivity index (χ2v) is 7.15. The summed E-state index contributed by atoms with van der Waals surface area (Å²) >= 11 is 5.85. The fourth-order valence-electron chi connectivity index (χ4n) is 3.23. The van der Waals surface area contributed by atoms with Gasteiger partial charge in [0.15, 0.2) is 5.60 Å². The van der Waals surface area contributed by atoms with E-state index in [1.54, 1.807) is 24.3 Å². The predicted molar refractivity (Wildman–Crippen MR) is 104 cm³/mol. The van der Waals surface area contributed by atoms with Gasteiger partial charge in [0.2, 0.25) is 0 Å². The van der Waals surface area contributed by atoms with Crippen molar-refractivity contribution in [1.29, 1.82) is 0 Å². The van der Waals surface area contributed by atoms with Crippen LogP contribution in [0.1, 0.15) is 42.5 Å². The van der Waals surface area contributed by atoms with Crippen LogP contribution in [0.2, 0.25) is 5.02 Å². The third kappa shape index (κ3) is 4.48. The number of amides is 1. The molecular weight excluding hydrogens is 384 g/mol. The predicted octanol–water partition coefficient (Wildman–Crippen LogP) is 4.75. The zero-order valence-electron chi connectivity index (χ0n) is 15.0. The summed E-state index contributed by atoms with van der Waals surface area (Å²) in [5.41, 5.74) is -0.614. The minimum absolute atomic E-state index is 0.0699. The highest BCUT2D eigenvalue weighted by Gasteiger charge is 2.43. The van der Waals surface area contributed by atoms with Crippen molar-refractivity contribution in [3.05, 3.63) is 69.2 Å². The quantitative estimate of drug-likeness (QED) is 0.442. The molecule has 1 N–H and O–H groups in total. The summed E-state index contributed by atoms with van der Waals surface area (Å²) in [7, 11) is 0. The van der Waals surface area contributed by atoms with Crippen LogP contribution in [0.15, 0.2) is 48.5 Å². The molecule has 0 bridgehead atoms. The van der Waals surface area contributed by atoms with E-state index in [2.05, 4.69) is 5.32 Å². The van der Waals surface area contributed by atoms with Crippen molar-refractivity contribution in [2.75, 3.05) is 5.32 Å². The van der Waals surface area contributed by atoms with Crippen molar-refractivity contribution in [3.63, 3.8) is 0 Å². The zero-order valence-corrected chi connectivity index (χ0v) is 15.8. The van der Waals surface area contributed by atoms with Gasteiger partial charge in [0, 0.05) is 22.8 Å². The van der Waals surface area contributed by atoms with Gasteiger partial charge in [-0.2, -0.15) is 0 Å². The van der Waals surface area contributed by atoms with Crippen molar-refractivity contribution in [2.45, 2.75) is 37.7 Å². The number of benzene rings is 2. The average Bonchev–Trinajstić information content (AvgIpc) is 2.69. The molecular formula is C20H19ClN2O5. The van der Waals surface area contributed by atoms with Crippen molar-refractivity contribution < 1.29 is 19.2 Å². The van der Waals surface area contributed by atoms with Gasteiger partial charge in [-0.3, -0.25) is 14.9 Å². The first-order valence-corrected chi connectivity index (χ1v) is 9.32. The third-order valence-corrected chi connectivity index (χ3v) is 5.03. The van der Waals surface area contributed by atoms with E-state index in [0.717, 1.165) is 19.3 Å². The number of esters is 1. The summed E-state index contributed by atoms with van der Waals surface area (Å²) in [5.74, 6) is -1.01. The highest BCUT2D eigenvalue weighted by atomic mass is 35.5. The molecule has 1 amide bonds. The second kappa shape index (κ2) is 8.39. The van der Waals surface area contributed by atoms with Crippen LogP contribution in [-0.2, 0) is 9.53 Å². The molecule has 0 spiro atoms. The molecule has 1 aliphatic rings. The Hall–Kier alpha value is -2.93. The number of hydrogen-bond donors (Lipinski definition) is 1. The molecule has 0 heterocycles. The van der Waals surface area contributed by atoms with Gasteiger partial charge in [-0.1, -0.05) is 18.0 Å². The van der Waals surface area contributed by atoms with Gasteiger partial charge in [0.1, 0.15) is 0 Å². The number of rotatable bonds is 5. The molecule has 0 aromatic heterocycles. The number of halogens is 1. The Balaban J connectivity index is 1.78. The van der Waals surface area contributed by atoms with E-state index in [1.807, 2.05) is 0 Å². The number of non-ortho nitro benzene ring substituents is 1. The molecule has 0 saturated heterocycles. The van der Waals surface area contributed by atoms with Crippen molar-refractivity contribution in [2.24, 2.45) is 0 Å². The lowest BCUT2D eigenvalue weighted by Gasteiger charge is -2.35. The van der Waals surface area contributed by atoms with E-state index in [4.69, 9.17) is 16.3 Å². The molecule has 0 aliphatic heterocycles. The molecule has 1 saturated carbocycles. The molecule has 28 heavy (non-hydrogen) atoms. The lowest BCUT2D eigenvalue weighted by molar-refractivity contribution is -0.384. The Labute approximate surface area is 166 Å². The molecule has 3 rings (SSSR count). The molecule has 0 atom stereocenters. The third-order valence-electron chi connectivity index (χ3n) is 4.78. The van der Waals surface area contributed by atoms with Crippen molar-refractivity contribution >= 4 is 34.9 Å². The minimum atomic E-state index is -1.27. The first-order valence-electron chi connectivity index (χ1n) is 8.94. The monoisotopic (exact) mass is 402 g/mol. The molecule has 1 aliphatic carbocycles. The van der Waals surface area contributed by atoms with Gasteiger partial charge in [-0.05, 0) is 62.1 Å². The topological polar surface area (TPSA) is 98.5 Å². The Morgan fingerprint density at radius 1 is 1.00 bits per heavy atom. The van der Waals surface area contributed by atoms with Gasteiger partial charge in [0.25, 0.3) is 11.6 Å². The van der Waals surface area contributed by atoms with Gasteiger partial charge in [-0.25, -0.2) is 4.79 Å². The summed E-state index contributed by atoms with van der Waals surface area (Å²) in [5, 5.41) is 14.0. The van der Waals surface area contributed by atoms with E-state index in [0.29, 0.717) is 29.1 Å². The normalized spacial score (nSPS) is 15.5. The SMILES string of the molecule is O=C(OC1(C(=O)Nc2ccc([N+](=O)[O-])cc2)CCCCC1)c1ccc(Cl)cc1. The number of anilines is 1. The zero-order chi connectivity index (χ0) is 20.1.